The fourth-order valence-electron chi connectivity index (χ4n) is 1.99. The van der Waals surface area contributed by atoms with Crippen LogP contribution in [-0.4, -0.2) is 56.7 Å². The average Bonchev–Trinajstić information content (AvgIpc) is 2.74. The van der Waals surface area contributed by atoms with E-state index in [4.69, 9.17) is 0 Å². The number of hydrogen-bond donors (Lipinski definition) is 1. The molecule has 4 nitrogen and oxygen atoms in total. The van der Waals surface area contributed by atoms with E-state index in [0.717, 1.165) is 25.4 Å². The predicted octanol–water partition coefficient (Wildman–Crippen LogP) is 1.00. The van der Waals surface area contributed by atoms with Crippen molar-refractivity contribution >= 4 is 21.8 Å². The van der Waals surface area contributed by atoms with Gasteiger partial charge in [0.1, 0.15) is 0 Å². The molecule has 1 atom stereocenters. The summed E-state index contributed by atoms with van der Waals surface area (Å²) in [4.78, 5) is 0. The van der Waals surface area contributed by atoms with Crippen molar-refractivity contribution in [3.63, 3.8) is 0 Å². The molecule has 1 N–H and O–H groups in total. The van der Waals surface area contributed by atoms with E-state index in [2.05, 4.69) is 5.32 Å². The Hall–Kier alpha value is 0.220. The Labute approximate surface area is 110 Å². The van der Waals surface area contributed by atoms with Gasteiger partial charge in [0.15, 0.2) is 0 Å². The Kier molecular flexibility index (Phi) is 6.84. The van der Waals surface area contributed by atoms with Crippen LogP contribution in [-0.2, 0) is 10.0 Å². The molecule has 1 rings (SSSR count). The van der Waals surface area contributed by atoms with Gasteiger partial charge in [0.25, 0.3) is 0 Å². The lowest BCUT2D eigenvalue weighted by Gasteiger charge is -2.18. The minimum Gasteiger partial charge on any atom is -0.316 e. The van der Waals surface area contributed by atoms with Crippen molar-refractivity contribution in [3.05, 3.63) is 0 Å². The predicted molar refractivity (Wildman–Crippen MR) is 75.0 cm³/mol. The van der Waals surface area contributed by atoms with Gasteiger partial charge in [-0.25, -0.2) is 12.7 Å². The van der Waals surface area contributed by atoms with Crippen LogP contribution < -0.4 is 5.32 Å². The van der Waals surface area contributed by atoms with Gasteiger partial charge < -0.3 is 5.32 Å². The first kappa shape index (κ1) is 15.3. The quantitative estimate of drug-likeness (QED) is 0.674. The SMILES string of the molecule is CCN(CCCNCC1CCSC1)S(C)(=O)=O. The zero-order valence-corrected chi connectivity index (χ0v) is 12.4. The van der Waals surface area contributed by atoms with E-state index in [0.29, 0.717) is 13.1 Å². The molecule has 1 fully saturated rings. The van der Waals surface area contributed by atoms with Crippen LogP contribution in [0.1, 0.15) is 19.8 Å². The third kappa shape index (κ3) is 6.08. The molecule has 17 heavy (non-hydrogen) atoms. The molecule has 0 amide bonds. The van der Waals surface area contributed by atoms with Gasteiger partial charge in [-0.3, -0.25) is 0 Å². The Morgan fingerprint density at radius 1 is 1.47 bits per heavy atom. The summed E-state index contributed by atoms with van der Waals surface area (Å²) in [7, 11) is -3.02. The summed E-state index contributed by atoms with van der Waals surface area (Å²) < 4.78 is 24.2. The van der Waals surface area contributed by atoms with Crippen LogP contribution >= 0.6 is 11.8 Å². The summed E-state index contributed by atoms with van der Waals surface area (Å²) in [5, 5.41) is 3.42. The van der Waals surface area contributed by atoms with E-state index in [1.807, 2.05) is 18.7 Å². The lowest BCUT2D eigenvalue weighted by Crippen LogP contribution is -2.33. The van der Waals surface area contributed by atoms with Gasteiger partial charge in [-0.05, 0) is 43.4 Å². The van der Waals surface area contributed by atoms with Crippen molar-refractivity contribution in [1.29, 1.82) is 0 Å². The molecule has 6 heteroatoms. The smallest absolute Gasteiger partial charge is 0.211 e. The molecule has 0 spiro atoms. The molecule has 1 heterocycles. The maximum absolute atomic E-state index is 11.3. The van der Waals surface area contributed by atoms with Gasteiger partial charge in [-0.2, -0.15) is 11.8 Å². The monoisotopic (exact) mass is 280 g/mol. The topological polar surface area (TPSA) is 49.4 Å². The molecule has 1 aliphatic heterocycles. The summed E-state index contributed by atoms with van der Waals surface area (Å²) in [5.74, 6) is 3.39. The van der Waals surface area contributed by atoms with Crippen LogP contribution in [0.3, 0.4) is 0 Å². The van der Waals surface area contributed by atoms with Crippen molar-refractivity contribution in [1.82, 2.24) is 9.62 Å². The van der Waals surface area contributed by atoms with E-state index < -0.39 is 10.0 Å². The Morgan fingerprint density at radius 3 is 2.76 bits per heavy atom. The molecule has 0 aliphatic carbocycles. The summed E-state index contributed by atoms with van der Waals surface area (Å²) in [6, 6.07) is 0. The highest BCUT2D eigenvalue weighted by Gasteiger charge is 2.15. The molecule has 0 aromatic carbocycles. The first-order valence-electron chi connectivity index (χ1n) is 6.27. The highest BCUT2D eigenvalue weighted by atomic mass is 32.2. The maximum Gasteiger partial charge on any atom is 0.211 e. The largest absolute Gasteiger partial charge is 0.316 e. The van der Waals surface area contributed by atoms with E-state index in [-0.39, 0.29) is 0 Å². The summed E-state index contributed by atoms with van der Waals surface area (Å²) in [5.41, 5.74) is 0. The van der Waals surface area contributed by atoms with E-state index in [1.165, 1.54) is 28.5 Å². The van der Waals surface area contributed by atoms with Crippen LogP contribution in [0.15, 0.2) is 0 Å². The van der Waals surface area contributed by atoms with Gasteiger partial charge in [0.05, 0.1) is 6.26 Å². The van der Waals surface area contributed by atoms with Gasteiger partial charge in [-0.15, -0.1) is 0 Å². The minimum atomic E-state index is -3.02. The molecule has 0 aromatic rings. The average molecular weight is 280 g/mol. The lowest BCUT2D eigenvalue weighted by atomic mass is 10.1. The number of hydrogen-bond acceptors (Lipinski definition) is 4. The number of nitrogens with zero attached hydrogens (tertiary/aromatic N) is 1. The van der Waals surface area contributed by atoms with Gasteiger partial charge >= 0.3 is 0 Å². The molecule has 0 radical (unpaired) electrons. The maximum atomic E-state index is 11.3. The molecule has 1 unspecified atom stereocenters. The molecule has 102 valence electrons. The minimum absolute atomic E-state index is 0.568. The first-order valence-corrected chi connectivity index (χ1v) is 9.28. The fraction of sp³-hybridized carbons (Fsp3) is 1.00. The van der Waals surface area contributed by atoms with Crippen molar-refractivity contribution in [3.8, 4) is 0 Å². The lowest BCUT2D eigenvalue weighted by molar-refractivity contribution is 0.414. The molecular formula is C11H24N2O2S2. The second-order valence-electron chi connectivity index (χ2n) is 4.54. The second kappa shape index (κ2) is 7.61. The van der Waals surface area contributed by atoms with Crippen molar-refractivity contribution in [2.75, 3.05) is 43.9 Å². The standard InChI is InChI=1S/C11H24N2O2S2/c1-3-13(17(2,14)15)7-4-6-12-9-11-5-8-16-10-11/h11-12H,3-10H2,1-2H3. The molecule has 1 saturated heterocycles. The van der Waals surface area contributed by atoms with Crippen LogP contribution in [0.5, 0.6) is 0 Å². The highest BCUT2D eigenvalue weighted by molar-refractivity contribution is 7.99. The number of sulfonamides is 1. The normalized spacial score (nSPS) is 21.2. The number of rotatable bonds is 8. The molecule has 0 saturated carbocycles. The molecule has 1 aliphatic rings. The van der Waals surface area contributed by atoms with Crippen molar-refractivity contribution in [2.45, 2.75) is 19.8 Å². The van der Waals surface area contributed by atoms with E-state index >= 15 is 0 Å². The molecule has 0 bridgehead atoms. The Morgan fingerprint density at radius 2 is 2.24 bits per heavy atom. The van der Waals surface area contributed by atoms with Crippen LogP contribution in [0.2, 0.25) is 0 Å². The third-order valence-corrected chi connectivity index (χ3v) is 5.65. The number of nitrogens with one attached hydrogen (secondary N) is 1. The van der Waals surface area contributed by atoms with Gasteiger partial charge in [0, 0.05) is 13.1 Å². The summed E-state index contributed by atoms with van der Waals surface area (Å²) in [6.07, 6.45) is 3.49. The fourth-order valence-corrected chi connectivity index (χ4v) is 4.20. The van der Waals surface area contributed by atoms with Gasteiger partial charge in [0.2, 0.25) is 10.0 Å². The van der Waals surface area contributed by atoms with E-state index in [9.17, 15) is 8.42 Å². The summed E-state index contributed by atoms with van der Waals surface area (Å²) in [6.45, 7) is 5.06. The van der Waals surface area contributed by atoms with Gasteiger partial charge in [-0.1, -0.05) is 6.92 Å². The van der Waals surface area contributed by atoms with Crippen molar-refractivity contribution < 1.29 is 8.42 Å². The van der Waals surface area contributed by atoms with Crippen LogP contribution in [0, 0.1) is 5.92 Å². The Bertz CT molecular complexity index is 301. The highest BCUT2D eigenvalue weighted by Crippen LogP contribution is 2.22. The van der Waals surface area contributed by atoms with E-state index in [1.54, 1.807) is 0 Å². The first-order chi connectivity index (χ1) is 8.04. The summed E-state index contributed by atoms with van der Waals surface area (Å²) >= 11 is 2.03. The Balaban J connectivity index is 2.06. The van der Waals surface area contributed by atoms with Crippen LogP contribution in [0.25, 0.3) is 0 Å². The third-order valence-electron chi connectivity index (χ3n) is 3.04. The second-order valence-corrected chi connectivity index (χ2v) is 7.67. The molecule has 0 aromatic heterocycles. The van der Waals surface area contributed by atoms with Crippen LogP contribution in [0.4, 0.5) is 0 Å². The molecular weight excluding hydrogens is 256 g/mol. The zero-order chi connectivity index (χ0) is 12.7. The number of thioether (sulfide) groups is 1. The zero-order valence-electron chi connectivity index (χ0n) is 10.8. The van der Waals surface area contributed by atoms with Crippen molar-refractivity contribution in [2.24, 2.45) is 5.92 Å².